The monoisotopic (exact) mass is 406 g/mol. The summed E-state index contributed by atoms with van der Waals surface area (Å²) in [7, 11) is 0. The fourth-order valence-electron chi connectivity index (χ4n) is 5.21. The SMILES string of the molecule is CC(=O)Nc1cccc(C(=O)N2Cc3cc4c(cc3C3(CCCC3)C2)OCCO4)c1. The van der Waals surface area contributed by atoms with Gasteiger partial charge in [0.25, 0.3) is 5.91 Å². The van der Waals surface area contributed by atoms with E-state index in [1.54, 1.807) is 12.1 Å². The van der Waals surface area contributed by atoms with Gasteiger partial charge in [0.2, 0.25) is 5.91 Å². The molecule has 1 spiro atoms. The van der Waals surface area contributed by atoms with Gasteiger partial charge in [0.15, 0.2) is 11.5 Å². The number of anilines is 1. The third kappa shape index (κ3) is 3.30. The zero-order valence-corrected chi connectivity index (χ0v) is 17.2. The molecule has 0 bridgehead atoms. The summed E-state index contributed by atoms with van der Waals surface area (Å²) in [5, 5.41) is 2.76. The van der Waals surface area contributed by atoms with Crippen molar-refractivity contribution in [3.63, 3.8) is 0 Å². The van der Waals surface area contributed by atoms with Gasteiger partial charge in [0.05, 0.1) is 0 Å². The Labute approximate surface area is 176 Å². The van der Waals surface area contributed by atoms with Gasteiger partial charge in [0.1, 0.15) is 13.2 Å². The summed E-state index contributed by atoms with van der Waals surface area (Å²) in [6, 6.07) is 11.4. The maximum Gasteiger partial charge on any atom is 0.254 e. The van der Waals surface area contributed by atoms with Crippen LogP contribution in [0.25, 0.3) is 0 Å². The van der Waals surface area contributed by atoms with Gasteiger partial charge < -0.3 is 19.7 Å². The molecule has 6 nitrogen and oxygen atoms in total. The minimum atomic E-state index is -0.150. The Morgan fingerprint density at radius 1 is 1.03 bits per heavy atom. The van der Waals surface area contributed by atoms with Crippen molar-refractivity contribution in [1.29, 1.82) is 0 Å². The lowest BCUT2D eigenvalue weighted by Gasteiger charge is -2.43. The summed E-state index contributed by atoms with van der Waals surface area (Å²) in [6.07, 6.45) is 4.51. The molecule has 1 fully saturated rings. The lowest BCUT2D eigenvalue weighted by molar-refractivity contribution is -0.114. The lowest BCUT2D eigenvalue weighted by Crippen LogP contribution is -2.46. The first kappa shape index (κ1) is 19.0. The Morgan fingerprint density at radius 2 is 1.77 bits per heavy atom. The average Bonchev–Trinajstić information content (AvgIpc) is 3.20. The smallest absolute Gasteiger partial charge is 0.254 e. The van der Waals surface area contributed by atoms with Crippen LogP contribution < -0.4 is 14.8 Å². The molecule has 5 rings (SSSR count). The van der Waals surface area contributed by atoms with Crippen molar-refractivity contribution in [2.75, 3.05) is 25.1 Å². The largest absolute Gasteiger partial charge is 0.486 e. The van der Waals surface area contributed by atoms with Gasteiger partial charge >= 0.3 is 0 Å². The average molecular weight is 406 g/mol. The van der Waals surface area contributed by atoms with E-state index in [0.717, 1.165) is 29.9 Å². The van der Waals surface area contributed by atoms with Crippen LogP contribution >= 0.6 is 0 Å². The molecule has 0 radical (unpaired) electrons. The molecule has 1 saturated carbocycles. The van der Waals surface area contributed by atoms with E-state index in [1.807, 2.05) is 17.0 Å². The first-order chi connectivity index (χ1) is 14.5. The Kier molecular flexibility index (Phi) is 4.65. The molecular weight excluding hydrogens is 380 g/mol. The van der Waals surface area contributed by atoms with E-state index in [-0.39, 0.29) is 17.2 Å². The number of hydrogen-bond acceptors (Lipinski definition) is 4. The van der Waals surface area contributed by atoms with Crippen LogP contribution in [0.15, 0.2) is 36.4 Å². The number of rotatable bonds is 2. The molecule has 0 atom stereocenters. The van der Waals surface area contributed by atoms with Crippen LogP contribution in [0.4, 0.5) is 5.69 Å². The number of amides is 2. The molecule has 2 aromatic rings. The number of ether oxygens (including phenoxy) is 2. The number of nitrogens with zero attached hydrogens (tertiary/aromatic N) is 1. The minimum Gasteiger partial charge on any atom is -0.486 e. The van der Waals surface area contributed by atoms with Crippen molar-refractivity contribution in [2.45, 2.75) is 44.6 Å². The Morgan fingerprint density at radius 3 is 2.50 bits per heavy atom. The fraction of sp³-hybridized carbons (Fsp3) is 0.417. The van der Waals surface area contributed by atoms with Crippen LogP contribution in [-0.2, 0) is 16.8 Å². The van der Waals surface area contributed by atoms with Crippen LogP contribution in [0.3, 0.4) is 0 Å². The van der Waals surface area contributed by atoms with E-state index in [4.69, 9.17) is 9.47 Å². The molecule has 1 N–H and O–H groups in total. The normalized spacial score (nSPS) is 18.8. The standard InChI is InChI=1S/C24H26N2O4/c1-16(27)25-19-6-4-5-17(11-19)23(28)26-14-18-12-21-22(30-10-9-29-21)13-20(18)24(15-26)7-2-3-8-24/h4-6,11-13H,2-3,7-10,14-15H2,1H3,(H,25,27). The highest BCUT2D eigenvalue weighted by Crippen LogP contribution is 2.49. The van der Waals surface area contributed by atoms with Crippen LogP contribution in [0, 0.1) is 0 Å². The minimum absolute atomic E-state index is 0.00554. The third-order valence-corrected chi connectivity index (χ3v) is 6.47. The third-order valence-electron chi connectivity index (χ3n) is 6.47. The quantitative estimate of drug-likeness (QED) is 0.822. The summed E-state index contributed by atoms with van der Waals surface area (Å²) in [5.74, 6) is 1.45. The molecule has 2 aliphatic heterocycles. The zero-order valence-electron chi connectivity index (χ0n) is 17.2. The first-order valence-electron chi connectivity index (χ1n) is 10.6. The van der Waals surface area contributed by atoms with Crippen molar-refractivity contribution in [1.82, 2.24) is 4.90 Å². The molecule has 2 heterocycles. The van der Waals surface area contributed by atoms with E-state index in [9.17, 15) is 9.59 Å². The number of fused-ring (bicyclic) bond motifs is 3. The summed E-state index contributed by atoms with van der Waals surface area (Å²) >= 11 is 0. The second-order valence-corrected chi connectivity index (χ2v) is 8.56. The first-order valence-corrected chi connectivity index (χ1v) is 10.6. The van der Waals surface area contributed by atoms with Gasteiger partial charge in [-0.05, 0) is 54.3 Å². The number of carbonyl (C=O) groups is 2. The van der Waals surface area contributed by atoms with Crippen molar-refractivity contribution in [3.8, 4) is 11.5 Å². The second-order valence-electron chi connectivity index (χ2n) is 8.56. The molecule has 0 unspecified atom stereocenters. The lowest BCUT2D eigenvalue weighted by atomic mass is 9.73. The van der Waals surface area contributed by atoms with Crippen LogP contribution in [-0.4, -0.2) is 36.5 Å². The van der Waals surface area contributed by atoms with E-state index < -0.39 is 0 Å². The van der Waals surface area contributed by atoms with Crippen molar-refractivity contribution in [3.05, 3.63) is 53.1 Å². The van der Waals surface area contributed by atoms with Gasteiger partial charge in [-0.2, -0.15) is 0 Å². The maximum atomic E-state index is 13.4. The number of hydrogen-bond donors (Lipinski definition) is 1. The topological polar surface area (TPSA) is 67.9 Å². The highest BCUT2D eigenvalue weighted by Gasteiger charge is 2.44. The molecule has 0 saturated heterocycles. The van der Waals surface area contributed by atoms with Gasteiger partial charge in [0, 0.05) is 36.7 Å². The van der Waals surface area contributed by atoms with Crippen LogP contribution in [0.1, 0.15) is 54.1 Å². The van der Waals surface area contributed by atoms with E-state index in [1.165, 1.54) is 25.3 Å². The van der Waals surface area contributed by atoms with Gasteiger partial charge in [-0.1, -0.05) is 18.9 Å². The Hall–Kier alpha value is -3.02. The predicted octanol–water partition coefficient (Wildman–Crippen LogP) is 3.88. The highest BCUT2D eigenvalue weighted by molar-refractivity contribution is 5.97. The van der Waals surface area contributed by atoms with Crippen molar-refractivity contribution in [2.24, 2.45) is 0 Å². The van der Waals surface area contributed by atoms with Crippen LogP contribution in [0.2, 0.25) is 0 Å². The van der Waals surface area contributed by atoms with E-state index >= 15 is 0 Å². The molecule has 3 aliphatic rings. The second kappa shape index (κ2) is 7.35. The molecule has 6 heteroatoms. The van der Waals surface area contributed by atoms with Gasteiger partial charge in [-0.15, -0.1) is 0 Å². The molecule has 0 aromatic heterocycles. The van der Waals surface area contributed by atoms with Gasteiger partial charge in [-0.3, -0.25) is 9.59 Å². The van der Waals surface area contributed by atoms with E-state index in [2.05, 4.69) is 17.4 Å². The van der Waals surface area contributed by atoms with Crippen LogP contribution in [0.5, 0.6) is 11.5 Å². The van der Waals surface area contributed by atoms with Gasteiger partial charge in [-0.25, -0.2) is 0 Å². The van der Waals surface area contributed by atoms with Crippen molar-refractivity contribution < 1.29 is 19.1 Å². The molecule has 30 heavy (non-hydrogen) atoms. The summed E-state index contributed by atoms with van der Waals surface area (Å²) in [5.41, 5.74) is 3.68. The molecule has 2 amide bonds. The van der Waals surface area contributed by atoms with E-state index in [0.29, 0.717) is 37.6 Å². The number of carbonyl (C=O) groups excluding carboxylic acids is 2. The molecule has 156 valence electrons. The fourth-order valence-corrected chi connectivity index (χ4v) is 5.21. The molecular formula is C24H26N2O4. The predicted molar refractivity (Wildman–Crippen MR) is 113 cm³/mol. The summed E-state index contributed by atoms with van der Waals surface area (Å²) < 4.78 is 11.6. The number of nitrogens with one attached hydrogen (secondary N) is 1. The summed E-state index contributed by atoms with van der Waals surface area (Å²) in [4.78, 5) is 26.8. The molecule has 2 aromatic carbocycles. The number of benzene rings is 2. The Bertz CT molecular complexity index is 1010. The van der Waals surface area contributed by atoms with Crippen molar-refractivity contribution >= 4 is 17.5 Å². The zero-order chi connectivity index (χ0) is 20.7. The summed E-state index contributed by atoms with van der Waals surface area (Å²) in [6.45, 7) is 3.86. The Balaban J connectivity index is 1.50. The molecule has 1 aliphatic carbocycles. The highest BCUT2D eigenvalue weighted by atomic mass is 16.6. The maximum absolute atomic E-state index is 13.4.